The molecule has 1 fully saturated rings. The van der Waals surface area contributed by atoms with Crippen LogP contribution in [0.4, 0.5) is 0 Å². The van der Waals surface area contributed by atoms with Crippen LogP contribution < -0.4 is 0 Å². The molecule has 1 aliphatic rings. The maximum Gasteiger partial charge on any atom is 0.00219 e. The Kier molecular flexibility index (Phi) is 10.4. The maximum absolute atomic E-state index is 2.60. The van der Waals surface area contributed by atoms with E-state index in [1.54, 1.807) is 0 Å². The highest BCUT2D eigenvalue weighted by Gasteiger charge is 2.23. The third-order valence-electron chi connectivity index (χ3n) is 2.94. The fourth-order valence-corrected chi connectivity index (χ4v) is 1.88. The molecule has 0 unspecified atom stereocenters. The molecule has 1 saturated heterocycles. The average molecular weight is 213 g/mol. The smallest absolute Gasteiger partial charge is 0.00219 e. The molecule has 15 heavy (non-hydrogen) atoms. The van der Waals surface area contributed by atoms with E-state index in [0.717, 1.165) is 5.92 Å². The molecule has 1 nitrogen and oxygen atoms in total. The first-order chi connectivity index (χ1) is 7.28. The van der Waals surface area contributed by atoms with E-state index in [-0.39, 0.29) is 0 Å². The predicted molar refractivity (Wildman–Crippen MR) is 70.3 cm³/mol. The molecule has 0 radical (unpaired) electrons. The van der Waals surface area contributed by atoms with Crippen LogP contribution in [0.3, 0.4) is 0 Å². The Morgan fingerprint density at radius 1 is 0.933 bits per heavy atom. The van der Waals surface area contributed by atoms with Gasteiger partial charge in [-0.3, -0.25) is 0 Å². The van der Waals surface area contributed by atoms with Crippen LogP contribution in [0.15, 0.2) is 0 Å². The van der Waals surface area contributed by atoms with E-state index in [2.05, 4.69) is 32.6 Å². The monoisotopic (exact) mass is 213 g/mol. The lowest BCUT2D eigenvalue weighted by Crippen LogP contribution is -2.46. The summed E-state index contributed by atoms with van der Waals surface area (Å²) in [6.07, 6.45) is 8.27. The first-order valence-electron chi connectivity index (χ1n) is 7.00. The minimum atomic E-state index is 1.02. The van der Waals surface area contributed by atoms with Crippen molar-refractivity contribution in [1.29, 1.82) is 0 Å². The molecular weight excluding hydrogens is 182 g/mol. The standard InChI is InChI=1S/C11H23N.C3H8/c1-3-5-6-7-8-12-9-11(4-2)10-12;1-3-2/h11H,3-10H2,1-2H3;3H2,1-2H3. The molecule has 1 rings (SSSR count). The summed E-state index contributed by atoms with van der Waals surface area (Å²) in [4.78, 5) is 2.60. The van der Waals surface area contributed by atoms with E-state index in [9.17, 15) is 0 Å². The van der Waals surface area contributed by atoms with Crippen molar-refractivity contribution in [2.75, 3.05) is 19.6 Å². The molecule has 0 spiro atoms. The largest absolute Gasteiger partial charge is 0.303 e. The van der Waals surface area contributed by atoms with Gasteiger partial charge in [0.15, 0.2) is 0 Å². The van der Waals surface area contributed by atoms with Crippen LogP contribution in [0, 0.1) is 5.92 Å². The Morgan fingerprint density at radius 3 is 2.00 bits per heavy atom. The Morgan fingerprint density at radius 2 is 1.53 bits per heavy atom. The van der Waals surface area contributed by atoms with Gasteiger partial charge in [-0.15, -0.1) is 0 Å². The fraction of sp³-hybridized carbons (Fsp3) is 1.00. The van der Waals surface area contributed by atoms with Crippen LogP contribution in [0.25, 0.3) is 0 Å². The van der Waals surface area contributed by atoms with Crippen molar-refractivity contribution in [3.8, 4) is 0 Å². The molecule has 1 heteroatoms. The molecule has 92 valence electrons. The second-order valence-electron chi connectivity index (χ2n) is 4.80. The van der Waals surface area contributed by atoms with Crippen LogP contribution in [-0.4, -0.2) is 24.5 Å². The van der Waals surface area contributed by atoms with Crippen LogP contribution in [0.5, 0.6) is 0 Å². The summed E-state index contributed by atoms with van der Waals surface area (Å²) in [7, 11) is 0. The van der Waals surface area contributed by atoms with Crippen LogP contribution in [0.2, 0.25) is 0 Å². The van der Waals surface area contributed by atoms with Crippen molar-refractivity contribution in [3.05, 3.63) is 0 Å². The Labute approximate surface area is 97.2 Å². The molecule has 0 bridgehead atoms. The highest BCUT2D eigenvalue weighted by atomic mass is 15.2. The Hall–Kier alpha value is -0.0400. The van der Waals surface area contributed by atoms with Gasteiger partial charge in [0.25, 0.3) is 0 Å². The van der Waals surface area contributed by atoms with Crippen molar-refractivity contribution < 1.29 is 0 Å². The van der Waals surface area contributed by atoms with Crippen LogP contribution in [0.1, 0.15) is 66.2 Å². The number of rotatable bonds is 6. The van der Waals surface area contributed by atoms with Crippen molar-refractivity contribution in [3.63, 3.8) is 0 Å². The lowest BCUT2D eigenvalue weighted by molar-refractivity contribution is 0.0957. The van der Waals surface area contributed by atoms with E-state index in [1.807, 2.05) is 0 Å². The van der Waals surface area contributed by atoms with E-state index in [1.165, 1.54) is 58.2 Å². The number of nitrogens with zero attached hydrogens (tertiary/aromatic N) is 1. The van der Waals surface area contributed by atoms with Gasteiger partial charge in [-0.25, -0.2) is 0 Å². The zero-order chi connectivity index (χ0) is 11.5. The van der Waals surface area contributed by atoms with Gasteiger partial charge in [-0.1, -0.05) is 59.8 Å². The first kappa shape index (κ1) is 15.0. The molecule has 0 atom stereocenters. The third-order valence-corrected chi connectivity index (χ3v) is 2.94. The minimum absolute atomic E-state index is 1.02. The van der Waals surface area contributed by atoms with Gasteiger partial charge in [0.2, 0.25) is 0 Å². The van der Waals surface area contributed by atoms with Gasteiger partial charge in [-0.2, -0.15) is 0 Å². The summed E-state index contributed by atoms with van der Waals surface area (Å²) in [6, 6.07) is 0. The highest BCUT2D eigenvalue weighted by Crippen LogP contribution is 2.18. The molecule has 0 aromatic carbocycles. The number of hydrogen-bond donors (Lipinski definition) is 0. The number of likely N-dealkylation sites (tertiary alicyclic amines) is 1. The zero-order valence-electron chi connectivity index (χ0n) is 11.4. The van der Waals surface area contributed by atoms with Crippen molar-refractivity contribution in [2.24, 2.45) is 5.92 Å². The van der Waals surface area contributed by atoms with E-state index < -0.39 is 0 Å². The molecule has 0 aromatic heterocycles. The summed E-state index contributed by atoms with van der Waals surface area (Å²) in [5.41, 5.74) is 0. The van der Waals surface area contributed by atoms with Gasteiger partial charge in [0.05, 0.1) is 0 Å². The van der Waals surface area contributed by atoms with E-state index in [0.29, 0.717) is 0 Å². The summed E-state index contributed by atoms with van der Waals surface area (Å²) >= 11 is 0. The van der Waals surface area contributed by atoms with Gasteiger partial charge >= 0.3 is 0 Å². The van der Waals surface area contributed by atoms with Crippen LogP contribution >= 0.6 is 0 Å². The molecule has 0 amide bonds. The van der Waals surface area contributed by atoms with Crippen LogP contribution in [-0.2, 0) is 0 Å². The molecule has 1 aliphatic heterocycles. The Bertz CT molecular complexity index is 117. The topological polar surface area (TPSA) is 3.24 Å². The second-order valence-corrected chi connectivity index (χ2v) is 4.80. The minimum Gasteiger partial charge on any atom is -0.303 e. The normalized spacial score (nSPS) is 16.8. The lowest BCUT2D eigenvalue weighted by atomic mass is 9.97. The Balaban J connectivity index is 0.000000583. The number of hydrogen-bond acceptors (Lipinski definition) is 1. The zero-order valence-corrected chi connectivity index (χ0v) is 11.4. The SMILES string of the molecule is CCC.CCCCCCN1CC(CC)C1. The summed E-state index contributed by atoms with van der Waals surface area (Å²) in [5, 5.41) is 0. The molecular formula is C14H31N. The second kappa shape index (κ2) is 10.5. The fourth-order valence-electron chi connectivity index (χ4n) is 1.88. The van der Waals surface area contributed by atoms with Gasteiger partial charge in [0, 0.05) is 13.1 Å². The highest BCUT2D eigenvalue weighted by molar-refractivity contribution is 4.77. The van der Waals surface area contributed by atoms with Gasteiger partial charge in [0.1, 0.15) is 0 Å². The molecule has 0 saturated carbocycles. The van der Waals surface area contributed by atoms with E-state index in [4.69, 9.17) is 0 Å². The summed E-state index contributed by atoms with van der Waals surface area (Å²) < 4.78 is 0. The molecule has 0 aliphatic carbocycles. The lowest BCUT2D eigenvalue weighted by Gasteiger charge is -2.38. The molecule has 1 heterocycles. The summed E-state index contributed by atoms with van der Waals surface area (Å²) in [6.45, 7) is 12.9. The van der Waals surface area contributed by atoms with E-state index >= 15 is 0 Å². The predicted octanol–water partition coefficient (Wildman–Crippen LogP) is 4.32. The molecule has 0 N–H and O–H groups in total. The average Bonchev–Trinajstić information content (AvgIpc) is 2.16. The third kappa shape index (κ3) is 7.84. The summed E-state index contributed by atoms with van der Waals surface area (Å²) in [5.74, 6) is 1.02. The van der Waals surface area contributed by atoms with Crippen molar-refractivity contribution in [1.82, 2.24) is 4.90 Å². The quantitative estimate of drug-likeness (QED) is 0.594. The number of unbranched alkanes of at least 4 members (excludes halogenated alkanes) is 3. The maximum atomic E-state index is 2.60. The van der Waals surface area contributed by atoms with Gasteiger partial charge in [-0.05, 0) is 18.9 Å². The molecule has 0 aromatic rings. The van der Waals surface area contributed by atoms with Crippen molar-refractivity contribution >= 4 is 0 Å². The first-order valence-corrected chi connectivity index (χ1v) is 7.00. The van der Waals surface area contributed by atoms with Gasteiger partial charge < -0.3 is 4.90 Å². The van der Waals surface area contributed by atoms with Crippen molar-refractivity contribution in [2.45, 2.75) is 66.2 Å².